The van der Waals surface area contributed by atoms with Gasteiger partial charge in [-0.15, -0.1) is 0 Å². The standard InChI is InChI=1S/C45H80O4/c1-3-5-7-9-11-13-15-17-19-21-22-23-24-25-26-28-30-32-34-36-38-40-45(47)49-44(42-46)43-48-41-39-37-35-33-31-29-27-20-18-16-14-12-10-8-6-4-2/h12,14-15,17-18,20-22,24-25,44,46H,3-11,13,16,19,23,26-43H2,1-2H3/b14-12-,17-15-,20-18-,22-21-,25-24-. The van der Waals surface area contributed by atoms with E-state index in [1.807, 2.05) is 0 Å². The molecule has 0 aliphatic rings. The minimum absolute atomic E-state index is 0.184. The highest BCUT2D eigenvalue weighted by molar-refractivity contribution is 5.69. The summed E-state index contributed by atoms with van der Waals surface area (Å²) in [5.41, 5.74) is 0. The van der Waals surface area contributed by atoms with Crippen molar-refractivity contribution in [2.45, 2.75) is 200 Å². The first kappa shape index (κ1) is 47.1. The van der Waals surface area contributed by atoms with E-state index in [4.69, 9.17) is 9.47 Å². The lowest BCUT2D eigenvalue weighted by Gasteiger charge is -2.15. The number of aliphatic hydroxyl groups excluding tert-OH is 1. The fourth-order valence-electron chi connectivity index (χ4n) is 5.66. The first-order valence-corrected chi connectivity index (χ1v) is 20.9. The Morgan fingerprint density at radius 1 is 0.490 bits per heavy atom. The molecule has 0 saturated heterocycles. The average Bonchev–Trinajstić information content (AvgIpc) is 3.11. The van der Waals surface area contributed by atoms with Gasteiger partial charge in [-0.3, -0.25) is 4.79 Å². The van der Waals surface area contributed by atoms with Crippen molar-refractivity contribution in [3.63, 3.8) is 0 Å². The predicted octanol–water partition coefficient (Wildman–Crippen LogP) is 13.7. The van der Waals surface area contributed by atoms with Gasteiger partial charge >= 0.3 is 5.97 Å². The molecule has 1 unspecified atom stereocenters. The van der Waals surface area contributed by atoms with Crippen molar-refractivity contribution in [3.05, 3.63) is 60.8 Å². The van der Waals surface area contributed by atoms with Crippen LogP contribution < -0.4 is 0 Å². The highest BCUT2D eigenvalue weighted by atomic mass is 16.6. The molecule has 0 aromatic rings. The highest BCUT2D eigenvalue weighted by Crippen LogP contribution is 2.12. The molecule has 0 heterocycles. The van der Waals surface area contributed by atoms with Gasteiger partial charge in [0.15, 0.2) is 0 Å². The molecule has 49 heavy (non-hydrogen) atoms. The lowest BCUT2D eigenvalue weighted by molar-refractivity contribution is -0.154. The van der Waals surface area contributed by atoms with Crippen molar-refractivity contribution < 1.29 is 19.4 Å². The number of hydrogen-bond acceptors (Lipinski definition) is 4. The fraction of sp³-hybridized carbons (Fsp3) is 0.756. The SMILES string of the molecule is CCCCC/C=C\C/C=C\CCCCCCCCOCC(CO)OC(=O)CCCCCCCC/C=C\C/C=C\C/C=C\CCCCCCC. The predicted molar refractivity (Wildman–Crippen MR) is 214 cm³/mol. The molecular formula is C45H80O4. The molecule has 0 aromatic carbocycles. The maximum atomic E-state index is 12.2. The van der Waals surface area contributed by atoms with Gasteiger partial charge in [0.1, 0.15) is 6.10 Å². The molecule has 1 N–H and O–H groups in total. The van der Waals surface area contributed by atoms with Crippen LogP contribution in [0.2, 0.25) is 0 Å². The lowest BCUT2D eigenvalue weighted by atomic mass is 10.1. The van der Waals surface area contributed by atoms with E-state index < -0.39 is 6.10 Å². The maximum absolute atomic E-state index is 12.2. The minimum Gasteiger partial charge on any atom is -0.457 e. The third kappa shape index (κ3) is 40.4. The third-order valence-corrected chi connectivity index (χ3v) is 8.82. The summed E-state index contributed by atoms with van der Waals surface area (Å²) in [6, 6.07) is 0. The van der Waals surface area contributed by atoms with Gasteiger partial charge in [0.2, 0.25) is 0 Å². The Labute approximate surface area is 305 Å². The second-order valence-corrected chi connectivity index (χ2v) is 13.7. The third-order valence-electron chi connectivity index (χ3n) is 8.82. The number of rotatable bonds is 38. The highest BCUT2D eigenvalue weighted by Gasteiger charge is 2.13. The average molecular weight is 685 g/mol. The lowest BCUT2D eigenvalue weighted by Crippen LogP contribution is -2.27. The van der Waals surface area contributed by atoms with Crippen LogP contribution in [0.5, 0.6) is 0 Å². The van der Waals surface area contributed by atoms with Gasteiger partial charge in [0.25, 0.3) is 0 Å². The Morgan fingerprint density at radius 2 is 0.857 bits per heavy atom. The number of carbonyl (C=O) groups is 1. The first-order valence-electron chi connectivity index (χ1n) is 20.9. The Morgan fingerprint density at radius 3 is 1.33 bits per heavy atom. The van der Waals surface area contributed by atoms with Crippen LogP contribution in [0.3, 0.4) is 0 Å². The number of hydrogen-bond donors (Lipinski definition) is 1. The number of allylic oxidation sites excluding steroid dienone is 10. The zero-order valence-electron chi connectivity index (χ0n) is 32.4. The van der Waals surface area contributed by atoms with Crippen LogP contribution in [0.25, 0.3) is 0 Å². The van der Waals surface area contributed by atoms with E-state index in [2.05, 4.69) is 74.6 Å². The van der Waals surface area contributed by atoms with E-state index in [0.29, 0.717) is 13.0 Å². The van der Waals surface area contributed by atoms with Crippen molar-refractivity contribution in [1.29, 1.82) is 0 Å². The Balaban J connectivity index is 3.51. The summed E-state index contributed by atoms with van der Waals surface area (Å²) in [6.45, 7) is 5.27. The smallest absolute Gasteiger partial charge is 0.306 e. The van der Waals surface area contributed by atoms with Gasteiger partial charge in [-0.1, -0.05) is 164 Å². The van der Waals surface area contributed by atoms with E-state index in [9.17, 15) is 9.90 Å². The summed E-state index contributed by atoms with van der Waals surface area (Å²) in [7, 11) is 0. The molecule has 0 bridgehead atoms. The zero-order chi connectivity index (χ0) is 35.6. The quantitative estimate of drug-likeness (QED) is 0.0399. The molecule has 0 fully saturated rings. The van der Waals surface area contributed by atoms with Crippen LogP contribution in [0.15, 0.2) is 60.8 Å². The molecule has 0 radical (unpaired) electrons. The number of aliphatic hydroxyl groups is 1. The zero-order valence-corrected chi connectivity index (χ0v) is 32.4. The molecule has 0 spiro atoms. The minimum atomic E-state index is -0.549. The van der Waals surface area contributed by atoms with Gasteiger partial charge in [0.05, 0.1) is 13.2 Å². The second-order valence-electron chi connectivity index (χ2n) is 13.7. The van der Waals surface area contributed by atoms with E-state index in [1.165, 1.54) is 116 Å². The van der Waals surface area contributed by atoms with E-state index in [0.717, 1.165) is 57.8 Å². The van der Waals surface area contributed by atoms with Crippen molar-refractivity contribution in [3.8, 4) is 0 Å². The molecule has 0 aromatic heterocycles. The van der Waals surface area contributed by atoms with E-state index >= 15 is 0 Å². The van der Waals surface area contributed by atoms with Gasteiger partial charge in [-0.05, 0) is 83.5 Å². The van der Waals surface area contributed by atoms with Gasteiger partial charge in [-0.25, -0.2) is 0 Å². The number of ether oxygens (including phenoxy) is 2. The van der Waals surface area contributed by atoms with Crippen LogP contribution in [0, 0.1) is 0 Å². The number of carbonyl (C=O) groups excluding carboxylic acids is 1. The van der Waals surface area contributed by atoms with E-state index in [1.54, 1.807) is 0 Å². The number of unbranched alkanes of at least 4 members (excludes halogenated alkanes) is 20. The molecule has 0 amide bonds. The van der Waals surface area contributed by atoms with Crippen molar-refractivity contribution in [2.24, 2.45) is 0 Å². The Bertz CT molecular complexity index is 809. The maximum Gasteiger partial charge on any atom is 0.306 e. The molecule has 4 nitrogen and oxygen atoms in total. The van der Waals surface area contributed by atoms with Crippen LogP contribution in [-0.4, -0.2) is 37.0 Å². The molecule has 0 aliphatic carbocycles. The summed E-state index contributed by atoms with van der Waals surface area (Å²) in [4.78, 5) is 12.2. The fourth-order valence-corrected chi connectivity index (χ4v) is 5.66. The van der Waals surface area contributed by atoms with Crippen molar-refractivity contribution in [1.82, 2.24) is 0 Å². The normalized spacial score (nSPS) is 13.0. The summed E-state index contributed by atoms with van der Waals surface area (Å²) >= 11 is 0. The summed E-state index contributed by atoms with van der Waals surface area (Å²) in [5, 5.41) is 9.59. The van der Waals surface area contributed by atoms with Crippen LogP contribution in [-0.2, 0) is 14.3 Å². The Kier molecular flexibility index (Phi) is 40.6. The molecule has 0 aliphatic heterocycles. The molecular weight excluding hydrogens is 604 g/mol. The summed E-state index contributed by atoms with van der Waals surface area (Å²) in [5.74, 6) is -0.218. The van der Waals surface area contributed by atoms with Crippen molar-refractivity contribution in [2.75, 3.05) is 19.8 Å². The molecule has 4 heteroatoms. The van der Waals surface area contributed by atoms with Crippen LogP contribution in [0.4, 0.5) is 0 Å². The van der Waals surface area contributed by atoms with Crippen molar-refractivity contribution >= 4 is 5.97 Å². The molecule has 1 atom stereocenters. The monoisotopic (exact) mass is 685 g/mol. The largest absolute Gasteiger partial charge is 0.457 e. The summed E-state index contributed by atoms with van der Waals surface area (Å²) < 4.78 is 11.1. The molecule has 0 saturated carbocycles. The van der Waals surface area contributed by atoms with E-state index in [-0.39, 0.29) is 19.2 Å². The van der Waals surface area contributed by atoms with Crippen LogP contribution >= 0.6 is 0 Å². The van der Waals surface area contributed by atoms with Gasteiger partial charge < -0.3 is 14.6 Å². The van der Waals surface area contributed by atoms with Gasteiger partial charge in [-0.2, -0.15) is 0 Å². The second kappa shape index (κ2) is 42.3. The topological polar surface area (TPSA) is 55.8 Å². The summed E-state index contributed by atoms with van der Waals surface area (Å²) in [6.07, 6.45) is 55.5. The first-order chi connectivity index (χ1) is 24.2. The van der Waals surface area contributed by atoms with Gasteiger partial charge in [0, 0.05) is 13.0 Å². The number of esters is 1. The Hall–Kier alpha value is -1.91. The van der Waals surface area contributed by atoms with Crippen LogP contribution in [0.1, 0.15) is 194 Å². The molecule has 284 valence electrons. The molecule has 0 rings (SSSR count).